The lowest BCUT2D eigenvalue weighted by Crippen LogP contribution is -2.32. The van der Waals surface area contributed by atoms with Gasteiger partial charge in [0.15, 0.2) is 5.82 Å². The molecule has 1 aromatic carbocycles. The maximum absolute atomic E-state index is 12.8. The molecular formula is C19H20N4O. The van der Waals surface area contributed by atoms with Gasteiger partial charge in [0.1, 0.15) is 0 Å². The highest BCUT2D eigenvalue weighted by atomic mass is 16.1. The van der Waals surface area contributed by atoms with Crippen molar-refractivity contribution in [2.24, 2.45) is 0 Å². The van der Waals surface area contributed by atoms with Gasteiger partial charge in [-0.2, -0.15) is 0 Å². The summed E-state index contributed by atoms with van der Waals surface area (Å²) < 4.78 is 1.57. The number of nitrogens with one attached hydrogen (secondary N) is 1. The van der Waals surface area contributed by atoms with Gasteiger partial charge in [0.25, 0.3) is 5.56 Å². The third kappa shape index (κ3) is 2.78. The number of benzene rings is 1. The minimum atomic E-state index is 0.0147. The van der Waals surface area contributed by atoms with Crippen LogP contribution in [0.15, 0.2) is 53.3 Å². The Balaban J connectivity index is 1.61. The molecular weight excluding hydrogens is 300 g/mol. The van der Waals surface area contributed by atoms with Crippen LogP contribution in [0.4, 0.5) is 0 Å². The molecule has 0 saturated carbocycles. The van der Waals surface area contributed by atoms with Crippen molar-refractivity contribution < 1.29 is 0 Å². The molecule has 0 atom stereocenters. The number of pyridine rings is 1. The fraction of sp³-hybridized carbons (Fsp3) is 0.263. The number of H-pyrrole nitrogens is 1. The monoisotopic (exact) mass is 320 g/mol. The Labute approximate surface area is 140 Å². The summed E-state index contributed by atoms with van der Waals surface area (Å²) in [6.07, 6.45) is 0.857. The Morgan fingerprint density at radius 1 is 1.12 bits per heavy atom. The van der Waals surface area contributed by atoms with Crippen molar-refractivity contribution >= 4 is 0 Å². The van der Waals surface area contributed by atoms with Gasteiger partial charge in [-0.25, -0.2) is 9.67 Å². The zero-order valence-electron chi connectivity index (χ0n) is 13.7. The quantitative estimate of drug-likeness (QED) is 0.806. The van der Waals surface area contributed by atoms with E-state index >= 15 is 0 Å². The van der Waals surface area contributed by atoms with Crippen LogP contribution in [-0.2, 0) is 19.5 Å². The summed E-state index contributed by atoms with van der Waals surface area (Å²) >= 11 is 0. The Kier molecular flexibility index (Phi) is 3.78. The summed E-state index contributed by atoms with van der Waals surface area (Å²) in [6, 6.07) is 16.1. The van der Waals surface area contributed by atoms with Crippen molar-refractivity contribution in [3.05, 3.63) is 81.4 Å². The molecule has 0 amide bonds. The van der Waals surface area contributed by atoms with Gasteiger partial charge < -0.3 is 0 Å². The molecule has 1 N–H and O–H groups in total. The van der Waals surface area contributed by atoms with E-state index in [1.807, 2.05) is 31.2 Å². The number of hydrogen-bond donors (Lipinski definition) is 1. The van der Waals surface area contributed by atoms with Crippen LogP contribution in [0.2, 0.25) is 0 Å². The van der Waals surface area contributed by atoms with Crippen LogP contribution < -0.4 is 5.56 Å². The first-order valence-corrected chi connectivity index (χ1v) is 8.24. The van der Waals surface area contributed by atoms with E-state index in [0.717, 1.165) is 36.5 Å². The van der Waals surface area contributed by atoms with Crippen molar-refractivity contribution in [1.82, 2.24) is 19.7 Å². The third-order valence-electron chi connectivity index (χ3n) is 4.48. The van der Waals surface area contributed by atoms with Crippen LogP contribution >= 0.6 is 0 Å². The summed E-state index contributed by atoms with van der Waals surface area (Å²) in [4.78, 5) is 19.6. The Bertz CT molecular complexity index is 911. The van der Waals surface area contributed by atoms with Gasteiger partial charge in [-0.15, -0.1) is 0 Å². The van der Waals surface area contributed by atoms with E-state index in [-0.39, 0.29) is 5.56 Å². The zero-order chi connectivity index (χ0) is 16.5. The Morgan fingerprint density at radius 2 is 1.96 bits per heavy atom. The minimum absolute atomic E-state index is 0.0147. The molecule has 2 aromatic heterocycles. The smallest absolute Gasteiger partial charge is 0.277 e. The maximum atomic E-state index is 12.8. The SMILES string of the molecule is Cc1cccc(-n2[nH]c3c(c2=O)CN(Cc2ccccc2)CC3)n1. The van der Waals surface area contributed by atoms with Crippen LogP contribution in [0.25, 0.3) is 5.82 Å². The van der Waals surface area contributed by atoms with E-state index < -0.39 is 0 Å². The molecule has 3 aromatic rings. The van der Waals surface area contributed by atoms with Crippen molar-refractivity contribution in [2.45, 2.75) is 26.4 Å². The number of aromatic amines is 1. The molecule has 5 nitrogen and oxygen atoms in total. The van der Waals surface area contributed by atoms with E-state index in [2.05, 4.69) is 39.2 Å². The molecule has 1 aliphatic rings. The van der Waals surface area contributed by atoms with Crippen LogP contribution in [-0.4, -0.2) is 26.2 Å². The van der Waals surface area contributed by atoms with Crippen LogP contribution in [0, 0.1) is 6.92 Å². The van der Waals surface area contributed by atoms with Gasteiger partial charge in [0.2, 0.25) is 0 Å². The van der Waals surface area contributed by atoms with Gasteiger partial charge in [-0.1, -0.05) is 36.4 Å². The predicted octanol–water partition coefficient (Wildman–Crippen LogP) is 2.43. The number of fused-ring (bicyclic) bond motifs is 1. The number of nitrogens with zero attached hydrogens (tertiary/aromatic N) is 3. The second-order valence-electron chi connectivity index (χ2n) is 6.29. The number of aryl methyl sites for hydroxylation is 1. The fourth-order valence-electron chi connectivity index (χ4n) is 3.25. The molecule has 122 valence electrons. The molecule has 0 radical (unpaired) electrons. The standard InChI is InChI=1S/C19H20N4O/c1-14-6-5-9-18(20-14)23-19(24)16-13-22(11-10-17(16)21-23)12-15-7-3-2-4-8-15/h2-9,21H,10-13H2,1H3. The molecule has 5 heteroatoms. The first kappa shape index (κ1) is 14.9. The summed E-state index contributed by atoms with van der Waals surface area (Å²) in [5.41, 5.74) is 4.09. The van der Waals surface area contributed by atoms with Crippen LogP contribution in [0.3, 0.4) is 0 Å². The van der Waals surface area contributed by atoms with Crippen LogP contribution in [0.1, 0.15) is 22.5 Å². The fourth-order valence-corrected chi connectivity index (χ4v) is 3.25. The molecule has 1 aliphatic heterocycles. The number of hydrogen-bond acceptors (Lipinski definition) is 3. The predicted molar refractivity (Wildman–Crippen MR) is 93.2 cm³/mol. The largest absolute Gasteiger partial charge is 0.294 e. The normalized spacial score (nSPS) is 14.5. The van der Waals surface area contributed by atoms with E-state index in [9.17, 15) is 4.79 Å². The molecule has 24 heavy (non-hydrogen) atoms. The van der Waals surface area contributed by atoms with E-state index in [1.54, 1.807) is 4.68 Å². The van der Waals surface area contributed by atoms with Gasteiger partial charge in [-0.3, -0.25) is 14.8 Å². The minimum Gasteiger partial charge on any atom is -0.294 e. The second kappa shape index (κ2) is 6.09. The van der Waals surface area contributed by atoms with Crippen molar-refractivity contribution in [3.63, 3.8) is 0 Å². The first-order valence-electron chi connectivity index (χ1n) is 8.24. The number of rotatable bonds is 3. The Morgan fingerprint density at radius 3 is 2.75 bits per heavy atom. The van der Waals surface area contributed by atoms with Gasteiger partial charge >= 0.3 is 0 Å². The average molecular weight is 320 g/mol. The molecule has 4 rings (SSSR count). The molecule has 0 fully saturated rings. The molecule has 3 heterocycles. The van der Waals surface area contributed by atoms with E-state index in [1.165, 1.54) is 5.56 Å². The highest BCUT2D eigenvalue weighted by Crippen LogP contribution is 2.17. The lowest BCUT2D eigenvalue weighted by molar-refractivity contribution is 0.244. The van der Waals surface area contributed by atoms with E-state index in [4.69, 9.17) is 0 Å². The lowest BCUT2D eigenvalue weighted by atomic mass is 10.1. The lowest BCUT2D eigenvalue weighted by Gasteiger charge is -2.25. The molecule has 0 saturated heterocycles. The molecule has 0 unspecified atom stereocenters. The highest BCUT2D eigenvalue weighted by molar-refractivity contribution is 5.29. The molecule has 0 aliphatic carbocycles. The molecule has 0 bridgehead atoms. The van der Waals surface area contributed by atoms with Gasteiger partial charge in [0, 0.05) is 37.4 Å². The first-order chi connectivity index (χ1) is 11.7. The third-order valence-corrected chi connectivity index (χ3v) is 4.48. The van der Waals surface area contributed by atoms with Crippen molar-refractivity contribution in [2.75, 3.05) is 6.54 Å². The Hall–Kier alpha value is -2.66. The second-order valence-corrected chi connectivity index (χ2v) is 6.29. The number of aromatic nitrogens is 3. The van der Waals surface area contributed by atoms with Crippen molar-refractivity contribution in [3.8, 4) is 5.82 Å². The summed E-state index contributed by atoms with van der Waals surface area (Å²) in [7, 11) is 0. The average Bonchev–Trinajstić information content (AvgIpc) is 2.93. The van der Waals surface area contributed by atoms with Gasteiger partial charge in [-0.05, 0) is 24.6 Å². The molecule has 0 spiro atoms. The van der Waals surface area contributed by atoms with Crippen LogP contribution in [0.5, 0.6) is 0 Å². The summed E-state index contributed by atoms with van der Waals surface area (Å²) in [5.74, 6) is 0.656. The van der Waals surface area contributed by atoms with Gasteiger partial charge in [0.05, 0.1) is 5.56 Å². The summed E-state index contributed by atoms with van der Waals surface area (Å²) in [5, 5.41) is 3.24. The topological polar surface area (TPSA) is 53.9 Å². The summed E-state index contributed by atoms with van der Waals surface area (Å²) in [6.45, 7) is 4.42. The highest BCUT2D eigenvalue weighted by Gasteiger charge is 2.23. The zero-order valence-corrected chi connectivity index (χ0v) is 13.7. The maximum Gasteiger partial charge on any atom is 0.277 e. The van der Waals surface area contributed by atoms with E-state index in [0.29, 0.717) is 12.4 Å². The van der Waals surface area contributed by atoms with Crippen molar-refractivity contribution in [1.29, 1.82) is 0 Å².